The molecule has 0 unspecified atom stereocenters. The van der Waals surface area contributed by atoms with Crippen molar-refractivity contribution in [2.45, 2.75) is 18.9 Å². The van der Waals surface area contributed by atoms with Crippen molar-refractivity contribution in [3.8, 4) is 5.75 Å². The average Bonchev–Trinajstić information content (AvgIpc) is 3.25. The normalized spacial score (nSPS) is 15.5. The molecule has 1 aliphatic rings. The molecule has 2 aromatic rings. The molecule has 1 saturated heterocycles. The molecule has 8 heteroatoms. The van der Waals surface area contributed by atoms with Crippen LogP contribution in [0.2, 0.25) is 0 Å². The molecule has 0 bridgehead atoms. The summed E-state index contributed by atoms with van der Waals surface area (Å²) < 4.78 is 16.2. The summed E-state index contributed by atoms with van der Waals surface area (Å²) in [5, 5.41) is 2.57. The van der Waals surface area contributed by atoms with E-state index < -0.39 is 24.4 Å². The SMILES string of the molecule is NC(=O)c1ccc(NC(=O)COC(=O)c2ccc(OC[C@H]3CCCO3)cc2)cc1. The number of nitrogens with two attached hydrogens (primary N) is 1. The Morgan fingerprint density at radius 2 is 1.72 bits per heavy atom. The van der Waals surface area contributed by atoms with Gasteiger partial charge in [0.25, 0.3) is 5.91 Å². The lowest BCUT2D eigenvalue weighted by atomic mass is 10.2. The molecule has 8 nitrogen and oxygen atoms in total. The molecule has 152 valence electrons. The van der Waals surface area contributed by atoms with Crippen LogP contribution in [-0.4, -0.2) is 43.7 Å². The highest BCUT2D eigenvalue weighted by molar-refractivity contribution is 5.96. The van der Waals surface area contributed by atoms with Crippen LogP contribution in [0, 0.1) is 0 Å². The van der Waals surface area contributed by atoms with Gasteiger partial charge in [-0.2, -0.15) is 0 Å². The number of carbonyl (C=O) groups is 3. The van der Waals surface area contributed by atoms with Crippen LogP contribution in [0.15, 0.2) is 48.5 Å². The molecule has 0 aliphatic carbocycles. The zero-order chi connectivity index (χ0) is 20.6. The van der Waals surface area contributed by atoms with Gasteiger partial charge >= 0.3 is 5.97 Å². The number of hydrogen-bond donors (Lipinski definition) is 2. The molecular formula is C21H22N2O6. The number of ether oxygens (including phenoxy) is 3. The first-order valence-electron chi connectivity index (χ1n) is 9.22. The second-order valence-electron chi connectivity index (χ2n) is 6.54. The van der Waals surface area contributed by atoms with Crippen molar-refractivity contribution < 1.29 is 28.6 Å². The number of amides is 2. The van der Waals surface area contributed by atoms with E-state index in [0.29, 0.717) is 29.2 Å². The van der Waals surface area contributed by atoms with Gasteiger partial charge in [0.15, 0.2) is 6.61 Å². The second-order valence-corrected chi connectivity index (χ2v) is 6.54. The zero-order valence-corrected chi connectivity index (χ0v) is 15.8. The molecule has 2 amide bonds. The predicted octanol–water partition coefficient (Wildman–Crippen LogP) is 2.14. The fourth-order valence-corrected chi connectivity index (χ4v) is 2.78. The summed E-state index contributed by atoms with van der Waals surface area (Å²) in [5.41, 5.74) is 6.26. The van der Waals surface area contributed by atoms with Gasteiger partial charge in [0.1, 0.15) is 12.4 Å². The van der Waals surface area contributed by atoms with Gasteiger partial charge in [-0.3, -0.25) is 9.59 Å². The van der Waals surface area contributed by atoms with E-state index in [1.807, 2.05) is 0 Å². The van der Waals surface area contributed by atoms with E-state index in [-0.39, 0.29) is 6.10 Å². The number of primary amides is 1. The first-order valence-corrected chi connectivity index (χ1v) is 9.22. The summed E-state index contributed by atoms with van der Waals surface area (Å²) in [6.45, 7) is 0.809. The van der Waals surface area contributed by atoms with Crippen LogP contribution in [0.4, 0.5) is 5.69 Å². The second kappa shape index (κ2) is 9.70. The van der Waals surface area contributed by atoms with Gasteiger partial charge in [0, 0.05) is 17.9 Å². The zero-order valence-electron chi connectivity index (χ0n) is 15.8. The van der Waals surface area contributed by atoms with Crippen LogP contribution in [0.5, 0.6) is 5.75 Å². The average molecular weight is 398 g/mol. The van der Waals surface area contributed by atoms with Crippen molar-refractivity contribution in [3.05, 3.63) is 59.7 Å². The van der Waals surface area contributed by atoms with E-state index in [4.69, 9.17) is 19.9 Å². The predicted molar refractivity (Wildman–Crippen MR) is 105 cm³/mol. The smallest absolute Gasteiger partial charge is 0.338 e. The highest BCUT2D eigenvalue weighted by atomic mass is 16.5. The lowest BCUT2D eigenvalue weighted by molar-refractivity contribution is -0.119. The standard InChI is InChI=1S/C21H22N2O6/c22-20(25)14-3-7-16(8-4-14)23-19(24)13-29-21(26)15-5-9-17(10-6-15)28-12-18-2-1-11-27-18/h3-10,18H,1-2,11-13H2,(H2,22,25)(H,23,24)/t18-/m1/s1. The van der Waals surface area contributed by atoms with Crippen LogP contribution in [0.1, 0.15) is 33.6 Å². The molecule has 3 N–H and O–H groups in total. The summed E-state index contributed by atoms with van der Waals surface area (Å²) in [7, 11) is 0. The number of benzene rings is 2. The van der Waals surface area contributed by atoms with E-state index in [0.717, 1.165) is 19.4 Å². The van der Waals surface area contributed by atoms with Crippen molar-refractivity contribution in [3.63, 3.8) is 0 Å². The largest absolute Gasteiger partial charge is 0.491 e. The minimum Gasteiger partial charge on any atom is -0.491 e. The molecule has 3 rings (SSSR count). The molecule has 0 radical (unpaired) electrons. The Morgan fingerprint density at radius 1 is 1.03 bits per heavy atom. The molecular weight excluding hydrogens is 376 g/mol. The van der Waals surface area contributed by atoms with Gasteiger partial charge in [0.2, 0.25) is 5.91 Å². The van der Waals surface area contributed by atoms with Crippen molar-refractivity contribution in [2.75, 3.05) is 25.1 Å². The molecule has 2 aromatic carbocycles. The van der Waals surface area contributed by atoms with E-state index in [1.165, 1.54) is 24.3 Å². The fraction of sp³-hybridized carbons (Fsp3) is 0.286. The lowest BCUT2D eigenvalue weighted by Gasteiger charge is -2.11. The fourth-order valence-electron chi connectivity index (χ4n) is 2.78. The molecule has 1 heterocycles. The Kier molecular flexibility index (Phi) is 6.80. The summed E-state index contributed by atoms with van der Waals surface area (Å²) >= 11 is 0. The highest BCUT2D eigenvalue weighted by Crippen LogP contribution is 2.17. The Balaban J connectivity index is 1.43. The van der Waals surface area contributed by atoms with Gasteiger partial charge in [0.05, 0.1) is 11.7 Å². The van der Waals surface area contributed by atoms with Crippen molar-refractivity contribution in [1.82, 2.24) is 0 Å². The number of rotatable bonds is 8. The number of esters is 1. The Labute approximate surface area is 167 Å². The van der Waals surface area contributed by atoms with E-state index in [1.54, 1.807) is 24.3 Å². The lowest BCUT2D eigenvalue weighted by Crippen LogP contribution is -2.21. The van der Waals surface area contributed by atoms with Gasteiger partial charge in [-0.15, -0.1) is 0 Å². The monoisotopic (exact) mass is 398 g/mol. The summed E-state index contributed by atoms with van der Waals surface area (Å²) in [6.07, 6.45) is 2.15. The van der Waals surface area contributed by atoms with Crippen LogP contribution in [-0.2, 0) is 14.3 Å². The Bertz CT molecular complexity index is 858. The number of anilines is 1. The van der Waals surface area contributed by atoms with Crippen LogP contribution in [0.3, 0.4) is 0 Å². The molecule has 1 aliphatic heterocycles. The van der Waals surface area contributed by atoms with Crippen LogP contribution in [0.25, 0.3) is 0 Å². The molecule has 29 heavy (non-hydrogen) atoms. The Hall–Kier alpha value is -3.39. The number of hydrogen-bond acceptors (Lipinski definition) is 6. The first-order chi connectivity index (χ1) is 14.0. The van der Waals surface area contributed by atoms with Crippen molar-refractivity contribution >= 4 is 23.5 Å². The minimum atomic E-state index is -0.616. The summed E-state index contributed by atoms with van der Waals surface area (Å²) in [4.78, 5) is 35.0. The minimum absolute atomic E-state index is 0.116. The first kappa shape index (κ1) is 20.3. The number of nitrogens with one attached hydrogen (secondary N) is 1. The maximum atomic E-state index is 12.1. The van der Waals surface area contributed by atoms with Gasteiger partial charge < -0.3 is 25.3 Å². The third kappa shape index (κ3) is 6.05. The molecule has 0 aromatic heterocycles. The van der Waals surface area contributed by atoms with Gasteiger partial charge in [-0.05, 0) is 61.4 Å². The molecule has 1 fully saturated rings. The quantitative estimate of drug-likeness (QED) is 0.658. The maximum Gasteiger partial charge on any atom is 0.338 e. The summed E-state index contributed by atoms with van der Waals surface area (Å²) in [6, 6.07) is 12.6. The molecule has 0 spiro atoms. The van der Waals surface area contributed by atoms with E-state index in [2.05, 4.69) is 5.32 Å². The third-order valence-electron chi connectivity index (χ3n) is 4.34. The van der Waals surface area contributed by atoms with Crippen molar-refractivity contribution in [2.24, 2.45) is 5.73 Å². The number of carbonyl (C=O) groups excluding carboxylic acids is 3. The van der Waals surface area contributed by atoms with Gasteiger partial charge in [-0.1, -0.05) is 0 Å². The van der Waals surface area contributed by atoms with E-state index in [9.17, 15) is 14.4 Å². The topological polar surface area (TPSA) is 117 Å². The third-order valence-corrected chi connectivity index (χ3v) is 4.34. The molecule has 0 saturated carbocycles. The summed E-state index contributed by atoms with van der Waals surface area (Å²) in [5.74, 6) is -1.04. The molecule has 1 atom stereocenters. The van der Waals surface area contributed by atoms with E-state index >= 15 is 0 Å². The van der Waals surface area contributed by atoms with Crippen LogP contribution < -0.4 is 15.8 Å². The van der Waals surface area contributed by atoms with Crippen molar-refractivity contribution in [1.29, 1.82) is 0 Å². The maximum absolute atomic E-state index is 12.1. The van der Waals surface area contributed by atoms with Crippen LogP contribution >= 0.6 is 0 Å². The van der Waals surface area contributed by atoms with Gasteiger partial charge in [-0.25, -0.2) is 4.79 Å². The Morgan fingerprint density at radius 3 is 2.34 bits per heavy atom. The highest BCUT2D eigenvalue weighted by Gasteiger charge is 2.16.